The summed E-state index contributed by atoms with van der Waals surface area (Å²) in [4.78, 5) is 12.8. The van der Waals surface area contributed by atoms with Gasteiger partial charge in [-0.1, -0.05) is 0 Å². The minimum Gasteiger partial charge on any atom is -0.389 e. The van der Waals surface area contributed by atoms with Gasteiger partial charge < -0.3 is 10.0 Å². The number of carbonyl (C=O) groups is 1. The molecule has 0 aromatic carbocycles. The van der Waals surface area contributed by atoms with Crippen LogP contribution in [0.1, 0.15) is 20.3 Å². The monoisotopic (exact) mass is 237 g/mol. The second kappa shape index (κ2) is 4.94. The molecule has 0 fully saturated rings. The lowest BCUT2D eigenvalue weighted by atomic mass is 10.1. The molecule has 5 nitrogen and oxygen atoms in total. The van der Waals surface area contributed by atoms with Crippen LogP contribution in [0.15, 0.2) is 0 Å². The number of hydrogen-bond donors (Lipinski definition) is 1. The van der Waals surface area contributed by atoms with E-state index in [4.69, 9.17) is 0 Å². The zero-order chi connectivity index (χ0) is 12.3. The summed E-state index contributed by atoms with van der Waals surface area (Å²) in [6, 6.07) is 0. The van der Waals surface area contributed by atoms with Gasteiger partial charge in [0.15, 0.2) is 0 Å². The number of sulfone groups is 1. The van der Waals surface area contributed by atoms with E-state index in [1.165, 1.54) is 4.90 Å². The summed E-state index contributed by atoms with van der Waals surface area (Å²) in [6.07, 6.45) is 1.06. The maximum Gasteiger partial charge on any atom is 0.223 e. The molecule has 15 heavy (non-hydrogen) atoms. The highest BCUT2D eigenvalue weighted by molar-refractivity contribution is 7.90. The molecule has 0 aromatic rings. The van der Waals surface area contributed by atoms with Crippen molar-refractivity contribution in [3.63, 3.8) is 0 Å². The van der Waals surface area contributed by atoms with Gasteiger partial charge in [-0.2, -0.15) is 0 Å². The fourth-order valence-electron chi connectivity index (χ4n) is 1.13. The Hall–Kier alpha value is -0.620. The smallest absolute Gasteiger partial charge is 0.223 e. The maximum atomic E-state index is 11.4. The molecule has 0 radical (unpaired) electrons. The van der Waals surface area contributed by atoms with Crippen molar-refractivity contribution >= 4 is 15.7 Å². The second-order valence-corrected chi connectivity index (χ2v) is 6.70. The van der Waals surface area contributed by atoms with E-state index in [0.29, 0.717) is 0 Å². The van der Waals surface area contributed by atoms with E-state index in [9.17, 15) is 18.3 Å². The van der Waals surface area contributed by atoms with E-state index in [1.807, 2.05) is 0 Å². The second-order valence-electron chi connectivity index (χ2n) is 4.44. The molecule has 0 unspecified atom stereocenters. The number of likely N-dealkylation sites (N-methyl/N-ethyl adjacent to an activating group) is 1. The minimum atomic E-state index is -3.11. The van der Waals surface area contributed by atoms with Gasteiger partial charge in [0.25, 0.3) is 0 Å². The van der Waals surface area contributed by atoms with Crippen molar-refractivity contribution in [2.75, 3.05) is 25.6 Å². The minimum absolute atomic E-state index is 0.0363. The lowest BCUT2D eigenvalue weighted by Crippen LogP contribution is -2.40. The Morgan fingerprint density at radius 3 is 2.20 bits per heavy atom. The molecule has 1 N–H and O–H groups in total. The van der Waals surface area contributed by atoms with Gasteiger partial charge in [-0.05, 0) is 13.8 Å². The third-order valence-corrected chi connectivity index (χ3v) is 2.68. The average molecular weight is 237 g/mol. The Labute approximate surface area is 91.0 Å². The van der Waals surface area contributed by atoms with Crippen molar-refractivity contribution in [1.29, 1.82) is 0 Å². The van der Waals surface area contributed by atoms with E-state index in [-0.39, 0.29) is 24.6 Å². The lowest BCUT2D eigenvalue weighted by Gasteiger charge is -2.25. The summed E-state index contributed by atoms with van der Waals surface area (Å²) in [5.74, 6) is -0.426. The average Bonchev–Trinajstić information content (AvgIpc) is 1.95. The van der Waals surface area contributed by atoms with Crippen molar-refractivity contribution in [2.24, 2.45) is 0 Å². The number of aliphatic hydroxyl groups is 1. The summed E-state index contributed by atoms with van der Waals surface area (Å²) < 4.78 is 21.6. The summed E-state index contributed by atoms with van der Waals surface area (Å²) in [7, 11) is -1.56. The van der Waals surface area contributed by atoms with Crippen LogP contribution in [0.4, 0.5) is 0 Å². The summed E-state index contributed by atoms with van der Waals surface area (Å²) >= 11 is 0. The highest BCUT2D eigenvalue weighted by Gasteiger charge is 2.19. The first-order valence-corrected chi connectivity index (χ1v) is 6.71. The molecule has 0 aliphatic carbocycles. The van der Waals surface area contributed by atoms with Crippen LogP contribution in [-0.4, -0.2) is 55.5 Å². The Balaban J connectivity index is 4.12. The fraction of sp³-hybridized carbons (Fsp3) is 0.889. The molecule has 0 saturated heterocycles. The SMILES string of the molecule is CN(CC(C)(C)O)C(=O)CCS(C)(=O)=O. The van der Waals surface area contributed by atoms with Gasteiger partial charge in [0.05, 0.1) is 11.4 Å². The molecule has 0 rings (SSSR count). The number of rotatable bonds is 5. The van der Waals surface area contributed by atoms with Crippen molar-refractivity contribution in [2.45, 2.75) is 25.9 Å². The first-order valence-electron chi connectivity index (χ1n) is 4.65. The molecular weight excluding hydrogens is 218 g/mol. The zero-order valence-electron chi connectivity index (χ0n) is 9.65. The first kappa shape index (κ1) is 14.4. The quantitative estimate of drug-likeness (QED) is 0.709. The first-order chi connectivity index (χ1) is 6.51. The Morgan fingerprint density at radius 1 is 1.40 bits per heavy atom. The number of nitrogens with zero attached hydrogens (tertiary/aromatic N) is 1. The molecule has 0 aliphatic heterocycles. The third-order valence-electron chi connectivity index (χ3n) is 1.74. The summed E-state index contributed by atoms with van der Waals surface area (Å²) in [5, 5.41) is 9.45. The van der Waals surface area contributed by atoms with Gasteiger partial charge in [-0.3, -0.25) is 4.79 Å². The molecule has 90 valence electrons. The molecule has 0 heterocycles. The van der Waals surface area contributed by atoms with Gasteiger partial charge in [-0.15, -0.1) is 0 Å². The van der Waals surface area contributed by atoms with Crippen LogP contribution in [0.2, 0.25) is 0 Å². The fourth-order valence-corrected chi connectivity index (χ4v) is 1.68. The normalized spacial score (nSPS) is 12.6. The van der Waals surface area contributed by atoms with Crippen LogP contribution in [0.25, 0.3) is 0 Å². The number of hydrogen-bond acceptors (Lipinski definition) is 4. The Kier molecular flexibility index (Phi) is 4.73. The molecule has 0 atom stereocenters. The van der Waals surface area contributed by atoms with Gasteiger partial charge in [0, 0.05) is 26.3 Å². The Morgan fingerprint density at radius 2 is 1.87 bits per heavy atom. The Bertz CT molecular complexity index is 315. The molecule has 0 saturated carbocycles. The predicted molar refractivity (Wildman–Crippen MR) is 58.3 cm³/mol. The molecule has 0 aliphatic rings. The topological polar surface area (TPSA) is 74.7 Å². The van der Waals surface area contributed by atoms with Crippen LogP contribution in [0.3, 0.4) is 0 Å². The predicted octanol–water partition coefficient (Wildman–Crippen LogP) is -0.350. The molecule has 0 spiro atoms. The van der Waals surface area contributed by atoms with Crippen LogP contribution in [-0.2, 0) is 14.6 Å². The van der Waals surface area contributed by atoms with Gasteiger partial charge in [-0.25, -0.2) is 8.42 Å². The number of amides is 1. The molecular formula is C9H19NO4S. The van der Waals surface area contributed by atoms with Gasteiger partial charge in [0.2, 0.25) is 5.91 Å². The molecule has 1 amide bonds. The van der Waals surface area contributed by atoms with E-state index < -0.39 is 15.4 Å². The van der Waals surface area contributed by atoms with Crippen LogP contribution in [0.5, 0.6) is 0 Å². The van der Waals surface area contributed by atoms with Crippen LogP contribution in [0, 0.1) is 0 Å². The van der Waals surface area contributed by atoms with E-state index >= 15 is 0 Å². The van der Waals surface area contributed by atoms with E-state index in [1.54, 1.807) is 20.9 Å². The maximum absolute atomic E-state index is 11.4. The zero-order valence-corrected chi connectivity index (χ0v) is 10.5. The largest absolute Gasteiger partial charge is 0.389 e. The van der Waals surface area contributed by atoms with Crippen molar-refractivity contribution in [3.8, 4) is 0 Å². The van der Waals surface area contributed by atoms with Gasteiger partial charge in [0.1, 0.15) is 9.84 Å². The summed E-state index contributed by atoms with van der Waals surface area (Å²) in [6.45, 7) is 3.37. The van der Waals surface area contributed by atoms with E-state index in [2.05, 4.69) is 0 Å². The molecule has 0 aromatic heterocycles. The van der Waals surface area contributed by atoms with Crippen molar-refractivity contribution in [3.05, 3.63) is 0 Å². The summed E-state index contributed by atoms with van der Waals surface area (Å²) in [5.41, 5.74) is -0.963. The van der Waals surface area contributed by atoms with E-state index in [0.717, 1.165) is 6.26 Å². The molecule has 0 bridgehead atoms. The van der Waals surface area contributed by atoms with Crippen molar-refractivity contribution < 1.29 is 18.3 Å². The highest BCUT2D eigenvalue weighted by atomic mass is 32.2. The highest BCUT2D eigenvalue weighted by Crippen LogP contribution is 2.04. The van der Waals surface area contributed by atoms with Crippen molar-refractivity contribution in [1.82, 2.24) is 4.90 Å². The lowest BCUT2D eigenvalue weighted by molar-refractivity contribution is -0.132. The standard InChI is InChI=1S/C9H19NO4S/c1-9(2,12)7-10(3)8(11)5-6-15(4,13)14/h12H,5-7H2,1-4H3. The third kappa shape index (κ3) is 8.38. The number of carbonyl (C=O) groups excluding carboxylic acids is 1. The van der Waals surface area contributed by atoms with Crippen LogP contribution >= 0.6 is 0 Å². The van der Waals surface area contributed by atoms with Gasteiger partial charge >= 0.3 is 0 Å². The van der Waals surface area contributed by atoms with Crippen LogP contribution < -0.4 is 0 Å². The molecule has 6 heteroatoms.